The number of halogens is 1. The largest absolute Gasteiger partial charge is 0.337 e. The summed E-state index contributed by atoms with van der Waals surface area (Å²) in [5, 5.41) is 3.27. The number of urea groups is 1. The van der Waals surface area contributed by atoms with Crippen LogP contribution in [0.5, 0.6) is 0 Å². The maximum Gasteiger partial charge on any atom is 0.337 e. The average molecular weight is 414 g/mol. The van der Waals surface area contributed by atoms with E-state index in [-0.39, 0.29) is 5.82 Å². The van der Waals surface area contributed by atoms with Crippen LogP contribution in [0.15, 0.2) is 78.9 Å². The number of fused-ring (bicyclic) bond motifs is 1. The molecule has 0 aliphatic carbocycles. The first kappa shape index (κ1) is 20.0. The predicted octanol–water partition coefficient (Wildman–Crippen LogP) is 4.82. The van der Waals surface area contributed by atoms with Crippen LogP contribution in [-0.4, -0.2) is 16.9 Å². The first-order valence-electron chi connectivity index (χ1n) is 9.59. The van der Waals surface area contributed by atoms with E-state index in [1.54, 1.807) is 48.5 Å². The number of nitrogens with zero attached hydrogens (tertiary/aromatic N) is 1. The summed E-state index contributed by atoms with van der Waals surface area (Å²) in [4.78, 5) is 29.6. The van der Waals surface area contributed by atoms with Crippen molar-refractivity contribution in [1.29, 1.82) is 0 Å². The van der Waals surface area contributed by atoms with Gasteiger partial charge < -0.3 is 5.32 Å². The van der Waals surface area contributed by atoms with Crippen LogP contribution in [0.25, 0.3) is 22.2 Å². The third kappa shape index (κ3) is 4.67. The number of anilines is 1. The zero-order chi connectivity index (χ0) is 21.8. The minimum absolute atomic E-state index is 0.334. The van der Waals surface area contributed by atoms with Gasteiger partial charge in [-0.3, -0.25) is 10.2 Å². The van der Waals surface area contributed by atoms with E-state index in [1.165, 1.54) is 12.1 Å². The Labute approximate surface area is 178 Å². The molecule has 31 heavy (non-hydrogen) atoms. The number of rotatable bonds is 3. The number of para-hydroxylation sites is 1. The number of carbonyl (C=O) groups excluding carboxylic acids is 2. The molecule has 7 heteroatoms. The molecule has 0 unspecified atom stereocenters. The third-order valence-electron chi connectivity index (χ3n) is 4.70. The van der Waals surface area contributed by atoms with Gasteiger partial charge in [-0.2, -0.15) is 0 Å². The van der Waals surface area contributed by atoms with Gasteiger partial charge in [0.25, 0.3) is 5.91 Å². The van der Waals surface area contributed by atoms with E-state index < -0.39 is 11.9 Å². The van der Waals surface area contributed by atoms with Gasteiger partial charge in [0.1, 0.15) is 5.82 Å². The summed E-state index contributed by atoms with van der Waals surface area (Å²) in [6.07, 6.45) is 0. The summed E-state index contributed by atoms with van der Waals surface area (Å²) >= 11 is 0. The molecule has 3 N–H and O–H groups in total. The number of carbonyl (C=O) groups is 2. The second-order valence-electron chi connectivity index (χ2n) is 6.98. The van der Waals surface area contributed by atoms with Crippen LogP contribution in [0.2, 0.25) is 0 Å². The molecule has 0 bridgehead atoms. The molecule has 3 amide bonds. The smallest absolute Gasteiger partial charge is 0.307 e. The van der Waals surface area contributed by atoms with Crippen molar-refractivity contribution in [3.63, 3.8) is 0 Å². The van der Waals surface area contributed by atoms with Gasteiger partial charge >= 0.3 is 6.03 Å². The molecule has 0 aliphatic heterocycles. The molecule has 1 aromatic heterocycles. The molecular weight excluding hydrogens is 395 g/mol. The number of amides is 3. The number of pyridine rings is 1. The standard InChI is InChI=1S/C24H19FN4O2/c1-15-6-12-18(13-7-15)26-24(31)29-28-23(30)20-14-22(16-8-10-17(25)11-9-16)27-21-5-3-2-4-19(20)21/h2-14H,1H3,(H,28,30)(H2,26,29,31). The molecule has 0 saturated heterocycles. The Morgan fingerprint density at radius 1 is 0.871 bits per heavy atom. The van der Waals surface area contributed by atoms with Crippen LogP contribution < -0.4 is 16.2 Å². The molecule has 6 nitrogen and oxygen atoms in total. The van der Waals surface area contributed by atoms with Crippen molar-refractivity contribution in [1.82, 2.24) is 15.8 Å². The highest BCUT2D eigenvalue weighted by Crippen LogP contribution is 2.25. The van der Waals surface area contributed by atoms with Gasteiger partial charge in [0, 0.05) is 16.6 Å². The molecular formula is C24H19FN4O2. The number of aryl methyl sites for hydroxylation is 1. The zero-order valence-electron chi connectivity index (χ0n) is 16.6. The Morgan fingerprint density at radius 3 is 2.32 bits per heavy atom. The van der Waals surface area contributed by atoms with Crippen LogP contribution in [0.4, 0.5) is 14.9 Å². The highest BCUT2D eigenvalue weighted by molar-refractivity contribution is 6.07. The Morgan fingerprint density at radius 2 is 1.58 bits per heavy atom. The first-order chi connectivity index (χ1) is 15.0. The number of benzene rings is 3. The van der Waals surface area contributed by atoms with Gasteiger partial charge in [0.05, 0.1) is 16.8 Å². The lowest BCUT2D eigenvalue weighted by molar-refractivity contribution is 0.0939. The lowest BCUT2D eigenvalue weighted by Crippen LogP contribution is -2.44. The second kappa shape index (κ2) is 8.62. The molecule has 1 heterocycles. The maximum absolute atomic E-state index is 13.3. The van der Waals surface area contributed by atoms with Gasteiger partial charge in [0.15, 0.2) is 0 Å². The summed E-state index contributed by atoms with van der Waals surface area (Å²) in [7, 11) is 0. The SMILES string of the molecule is Cc1ccc(NC(=O)NNC(=O)c2cc(-c3ccc(F)cc3)nc3ccccc23)cc1. The fourth-order valence-electron chi connectivity index (χ4n) is 3.11. The quantitative estimate of drug-likeness (QED) is 0.421. The number of hydrazine groups is 1. The zero-order valence-corrected chi connectivity index (χ0v) is 16.6. The van der Waals surface area contributed by atoms with Crippen LogP contribution >= 0.6 is 0 Å². The Balaban J connectivity index is 1.55. The molecule has 0 atom stereocenters. The minimum atomic E-state index is -0.575. The monoisotopic (exact) mass is 414 g/mol. The fourth-order valence-corrected chi connectivity index (χ4v) is 3.11. The molecule has 0 aliphatic rings. The van der Waals surface area contributed by atoms with Crippen molar-refractivity contribution in [2.75, 3.05) is 5.32 Å². The summed E-state index contributed by atoms with van der Waals surface area (Å²) in [5.41, 5.74) is 8.59. The topological polar surface area (TPSA) is 83.1 Å². The lowest BCUT2D eigenvalue weighted by Gasteiger charge is -2.12. The molecule has 3 aromatic carbocycles. The number of nitrogens with one attached hydrogen (secondary N) is 3. The molecule has 0 spiro atoms. The van der Waals surface area contributed by atoms with Crippen molar-refractivity contribution >= 4 is 28.5 Å². The van der Waals surface area contributed by atoms with Gasteiger partial charge in [-0.15, -0.1) is 0 Å². The van der Waals surface area contributed by atoms with Gasteiger partial charge in [-0.05, 0) is 55.5 Å². The average Bonchev–Trinajstić information content (AvgIpc) is 2.79. The van der Waals surface area contributed by atoms with Crippen LogP contribution in [0, 0.1) is 12.7 Å². The summed E-state index contributed by atoms with van der Waals surface area (Å²) < 4.78 is 13.3. The van der Waals surface area contributed by atoms with Gasteiger partial charge in [0.2, 0.25) is 0 Å². The third-order valence-corrected chi connectivity index (χ3v) is 4.70. The van der Waals surface area contributed by atoms with E-state index in [2.05, 4.69) is 21.2 Å². The van der Waals surface area contributed by atoms with Crippen molar-refractivity contribution < 1.29 is 14.0 Å². The fraction of sp³-hybridized carbons (Fsp3) is 0.0417. The van der Waals surface area contributed by atoms with Crippen LogP contribution in [0.3, 0.4) is 0 Å². The molecule has 0 saturated carbocycles. The minimum Gasteiger partial charge on any atom is -0.307 e. The second-order valence-corrected chi connectivity index (χ2v) is 6.98. The van der Waals surface area contributed by atoms with Crippen molar-refractivity contribution in [3.05, 3.63) is 95.8 Å². The molecule has 4 rings (SSSR count). The van der Waals surface area contributed by atoms with Crippen molar-refractivity contribution in [2.45, 2.75) is 6.92 Å². The maximum atomic E-state index is 13.3. The van der Waals surface area contributed by atoms with E-state index in [1.807, 2.05) is 25.1 Å². The molecule has 0 fully saturated rings. The Hall–Kier alpha value is -4.26. The van der Waals surface area contributed by atoms with E-state index in [9.17, 15) is 14.0 Å². The van der Waals surface area contributed by atoms with E-state index in [4.69, 9.17) is 0 Å². The first-order valence-corrected chi connectivity index (χ1v) is 9.59. The molecule has 0 radical (unpaired) electrons. The highest BCUT2D eigenvalue weighted by Gasteiger charge is 2.15. The number of hydrogen-bond donors (Lipinski definition) is 3. The predicted molar refractivity (Wildman–Crippen MR) is 118 cm³/mol. The highest BCUT2D eigenvalue weighted by atomic mass is 19.1. The molecule has 154 valence electrons. The van der Waals surface area contributed by atoms with Crippen molar-refractivity contribution in [2.24, 2.45) is 0 Å². The number of hydrogen-bond acceptors (Lipinski definition) is 3. The Kier molecular flexibility index (Phi) is 5.57. The number of aromatic nitrogens is 1. The molecule has 4 aromatic rings. The summed E-state index contributed by atoms with van der Waals surface area (Å²) in [5.74, 6) is -0.854. The van der Waals surface area contributed by atoms with Crippen LogP contribution in [0.1, 0.15) is 15.9 Å². The summed E-state index contributed by atoms with van der Waals surface area (Å²) in [6.45, 7) is 1.95. The van der Waals surface area contributed by atoms with E-state index in [0.717, 1.165) is 5.56 Å². The van der Waals surface area contributed by atoms with Gasteiger partial charge in [-0.25, -0.2) is 19.6 Å². The Bertz CT molecular complexity index is 1260. The van der Waals surface area contributed by atoms with E-state index >= 15 is 0 Å². The lowest BCUT2D eigenvalue weighted by atomic mass is 10.0. The normalized spacial score (nSPS) is 10.5. The van der Waals surface area contributed by atoms with E-state index in [0.29, 0.717) is 33.4 Å². The van der Waals surface area contributed by atoms with Gasteiger partial charge in [-0.1, -0.05) is 35.9 Å². The summed E-state index contributed by atoms with van der Waals surface area (Å²) in [6, 6.07) is 21.4. The van der Waals surface area contributed by atoms with Crippen molar-refractivity contribution in [3.8, 4) is 11.3 Å². The van der Waals surface area contributed by atoms with Crippen LogP contribution in [-0.2, 0) is 0 Å².